The highest BCUT2D eigenvalue weighted by Crippen LogP contribution is 2.59. The molecule has 0 radical (unpaired) electrons. The number of carbonyl (C=O) groups is 1. The van der Waals surface area contributed by atoms with Gasteiger partial charge in [0.15, 0.2) is 17.4 Å². The van der Waals surface area contributed by atoms with Crippen LogP contribution in [-0.4, -0.2) is 194 Å². The molecule has 0 aromatic heterocycles. The van der Waals surface area contributed by atoms with E-state index in [9.17, 15) is 15.0 Å². The molecule has 0 amide bonds. The molecular weight excluding hydrogens is 1010 g/mol. The Bertz CT molecular complexity index is 2340. The van der Waals surface area contributed by atoms with Crippen LogP contribution in [0.2, 0.25) is 0 Å². The van der Waals surface area contributed by atoms with Crippen LogP contribution < -0.4 is 0 Å². The number of aliphatic hydroxyl groups is 2. The Morgan fingerprint density at radius 2 is 1.29 bits per heavy atom. The van der Waals surface area contributed by atoms with Crippen molar-refractivity contribution in [1.82, 2.24) is 0 Å². The van der Waals surface area contributed by atoms with Crippen molar-refractivity contribution in [2.24, 2.45) is 29.6 Å². The third-order valence-corrected chi connectivity index (χ3v) is 22.6. The Balaban J connectivity index is 0.614. The largest absolute Gasteiger partial charge is 0.394 e. The minimum Gasteiger partial charge on any atom is -0.394 e. The second-order valence-electron chi connectivity index (χ2n) is 27.5. The summed E-state index contributed by atoms with van der Waals surface area (Å²) in [7, 11) is 0. The number of ketones is 1. The van der Waals surface area contributed by atoms with E-state index in [4.69, 9.17) is 71.1 Å². The molecule has 3 spiro atoms. The molecule has 2 N–H and O–H groups in total. The maximum Gasteiger partial charge on any atom is 0.177 e. The fraction of sp³-hybridized carbons (Fsp3) is 0.917. The van der Waals surface area contributed by atoms with E-state index < -0.39 is 23.5 Å². The molecule has 17 aliphatic heterocycles. The molecule has 31 atom stereocenters. The first-order chi connectivity index (χ1) is 37.8. The number of rotatable bonds is 2. The van der Waals surface area contributed by atoms with E-state index in [1.54, 1.807) is 0 Å². The molecule has 0 saturated carbocycles. The van der Waals surface area contributed by atoms with E-state index in [1.807, 2.05) is 0 Å². The number of hydrogen-bond donors (Lipinski definition) is 2. The van der Waals surface area contributed by atoms with Crippen molar-refractivity contribution in [2.45, 2.75) is 294 Å². The Labute approximate surface area is 457 Å². The van der Waals surface area contributed by atoms with Crippen LogP contribution in [0.25, 0.3) is 0 Å². The van der Waals surface area contributed by atoms with Gasteiger partial charge in [-0.25, -0.2) is 0 Å². The molecule has 18 nitrogen and oxygen atoms in total. The average molecular weight is 1090 g/mol. The lowest BCUT2D eigenvalue weighted by Crippen LogP contribution is -2.70. The SMILES string of the molecule is C=C1C[C@@H]2CC[C@@]34OC5C3CO[C@H]3[C@@H](O4)[C@H]4O[C@H](CC[C@@H]4O[C@@H]53)CC(=O)C[C@@H]3C[C@@H]4O[C@@H]5C[C@]6(C[C@@H]7O[C@@]8(CC[C@@H]7O6)C[C@H](C)[C@@H]6O[C@@H]7[C@@H]([C@@H](O)CO)CO[C@@H]7C[C@@H]6O8)O[C@@H]5C[C@@H]4O[C@H]3C[C@H]3O[C@@H](CC[C@@H]1O2)C[C@@H](C)C3=C. The van der Waals surface area contributed by atoms with Gasteiger partial charge in [0.2, 0.25) is 0 Å². The highest BCUT2D eigenvalue weighted by Gasteiger charge is 2.72. The predicted molar refractivity (Wildman–Crippen MR) is 270 cm³/mol. The molecule has 17 aliphatic rings. The first kappa shape index (κ1) is 52.1. The summed E-state index contributed by atoms with van der Waals surface area (Å²) >= 11 is 0. The first-order valence-corrected chi connectivity index (χ1v) is 30.8. The second-order valence-corrected chi connectivity index (χ2v) is 27.5. The first-order valence-electron chi connectivity index (χ1n) is 30.8. The Hall–Kier alpha value is -1.53. The summed E-state index contributed by atoms with van der Waals surface area (Å²) < 4.78 is 103. The van der Waals surface area contributed by atoms with Crippen molar-refractivity contribution in [3.05, 3.63) is 24.3 Å². The van der Waals surface area contributed by atoms with Crippen molar-refractivity contribution < 1.29 is 86.1 Å². The summed E-state index contributed by atoms with van der Waals surface area (Å²) in [6.45, 7) is 14.2. The molecule has 0 aromatic rings. The van der Waals surface area contributed by atoms with Crippen LogP contribution in [0, 0.1) is 29.6 Å². The summed E-state index contributed by atoms with van der Waals surface area (Å²) in [6, 6.07) is 0. The number of hydrogen-bond acceptors (Lipinski definition) is 18. The van der Waals surface area contributed by atoms with Crippen molar-refractivity contribution >= 4 is 5.78 Å². The maximum atomic E-state index is 14.6. The Morgan fingerprint density at radius 1 is 0.526 bits per heavy atom. The molecule has 0 aromatic carbocycles. The lowest BCUT2D eigenvalue weighted by Gasteiger charge is -2.56. The molecule has 12 bridgehead atoms. The number of fused-ring (bicyclic) bond motifs is 12. The summed E-state index contributed by atoms with van der Waals surface area (Å²) in [5, 5.41) is 20.2. The number of ether oxygens (including phenoxy) is 15. The zero-order valence-electron chi connectivity index (χ0n) is 45.6. The van der Waals surface area contributed by atoms with Gasteiger partial charge < -0.3 is 81.3 Å². The molecule has 17 heterocycles. The van der Waals surface area contributed by atoms with Crippen molar-refractivity contribution in [3.8, 4) is 0 Å². The van der Waals surface area contributed by atoms with Gasteiger partial charge in [-0.3, -0.25) is 4.79 Å². The molecule has 17 rings (SSSR count). The Morgan fingerprint density at radius 3 is 2.19 bits per heavy atom. The Kier molecular flexibility index (Phi) is 13.0. The van der Waals surface area contributed by atoms with Gasteiger partial charge in [0.05, 0.1) is 142 Å². The summed E-state index contributed by atoms with van der Waals surface area (Å²) in [5.74, 6) is -2.07. The van der Waals surface area contributed by atoms with Gasteiger partial charge in [-0.05, 0) is 86.7 Å². The van der Waals surface area contributed by atoms with Crippen LogP contribution >= 0.6 is 0 Å². The van der Waals surface area contributed by atoms with Crippen LogP contribution in [0.1, 0.15) is 136 Å². The monoisotopic (exact) mass is 1090 g/mol. The lowest BCUT2D eigenvalue weighted by atomic mass is 9.77. The normalized spacial score (nSPS) is 58.3. The summed E-state index contributed by atoms with van der Waals surface area (Å²) in [6.07, 6.45) is 8.15. The van der Waals surface area contributed by atoms with Crippen LogP contribution in [0.15, 0.2) is 24.3 Å². The standard InChI is InChI=1S/C60H84O18/c1-27-13-33-5-7-39-28(2)14-35(66-39)9-12-60-37-26-65-55-56(53(37)77-60)71-41-8-6-34(68-54(41)57(55)78-60)17-32(62)15-31-16-44-45(69-43(31)18-42(67-33)30(27)4)19-46-49(70-44)22-59(74-46)23-50-40(73-59)10-11-58(76-50)21-29(3)51-48(75-58)20-47-52(72-51)36(25-64-47)38(63)24-61/h27,29,31,33-57,61,63H,2,4-26H2,1,3H3/t27-,29+,31-,33+,34-,35+,36-,37?,38+,39+,40+,41+,42-,43+,44+,45+,46-,47-,48+,49-,50+,51+,52-,53?,54+,55-,56+,57+,58+,59-,60+/m1/s1. The highest BCUT2D eigenvalue weighted by atomic mass is 16.8. The van der Waals surface area contributed by atoms with Crippen molar-refractivity contribution in [2.75, 3.05) is 19.8 Å². The van der Waals surface area contributed by atoms with Crippen molar-refractivity contribution in [3.63, 3.8) is 0 Å². The molecule has 2 unspecified atom stereocenters. The summed E-state index contributed by atoms with van der Waals surface area (Å²) in [4.78, 5) is 14.6. The van der Waals surface area contributed by atoms with E-state index in [1.165, 1.54) is 0 Å². The minimum atomic E-state index is -0.878. The molecule has 78 heavy (non-hydrogen) atoms. The van der Waals surface area contributed by atoms with E-state index >= 15 is 0 Å². The molecule has 0 aliphatic carbocycles. The molecule has 432 valence electrons. The lowest BCUT2D eigenvalue weighted by molar-refractivity contribution is -0.397. The zero-order valence-corrected chi connectivity index (χ0v) is 45.6. The summed E-state index contributed by atoms with van der Waals surface area (Å²) in [5.41, 5.74) is 2.24. The van der Waals surface area contributed by atoms with Gasteiger partial charge in [0, 0.05) is 70.1 Å². The minimum absolute atomic E-state index is 0.0296. The fourth-order valence-electron chi connectivity index (χ4n) is 18.6. The molecule has 17 fully saturated rings. The van der Waals surface area contributed by atoms with Gasteiger partial charge in [-0.1, -0.05) is 27.0 Å². The van der Waals surface area contributed by atoms with Crippen LogP contribution in [0.3, 0.4) is 0 Å². The number of aliphatic hydroxyl groups excluding tert-OH is 2. The molecule has 18 heteroatoms. The van der Waals surface area contributed by atoms with E-state index in [2.05, 4.69) is 27.0 Å². The fourth-order valence-corrected chi connectivity index (χ4v) is 18.6. The molecule has 17 saturated heterocycles. The highest BCUT2D eigenvalue weighted by molar-refractivity contribution is 5.79. The topological polar surface area (TPSA) is 196 Å². The van der Waals surface area contributed by atoms with Gasteiger partial charge in [-0.15, -0.1) is 0 Å². The van der Waals surface area contributed by atoms with Crippen LogP contribution in [0.4, 0.5) is 0 Å². The zero-order chi connectivity index (χ0) is 52.6. The maximum absolute atomic E-state index is 14.6. The second kappa shape index (κ2) is 19.5. The van der Waals surface area contributed by atoms with Gasteiger partial charge in [-0.2, -0.15) is 0 Å². The third-order valence-electron chi connectivity index (χ3n) is 22.6. The number of Topliss-reactive ketones (excluding diaryl/α,β-unsaturated/α-hetero) is 1. The van der Waals surface area contributed by atoms with Crippen LogP contribution in [0.5, 0.6) is 0 Å². The average Bonchev–Trinajstić information content (AvgIpc) is 3.96. The van der Waals surface area contributed by atoms with E-state index in [-0.39, 0.29) is 176 Å². The third kappa shape index (κ3) is 8.66. The van der Waals surface area contributed by atoms with Crippen molar-refractivity contribution in [1.29, 1.82) is 0 Å². The van der Waals surface area contributed by atoms with Gasteiger partial charge >= 0.3 is 0 Å². The van der Waals surface area contributed by atoms with Gasteiger partial charge in [0.1, 0.15) is 30.2 Å². The van der Waals surface area contributed by atoms with E-state index in [0.717, 1.165) is 62.5 Å². The molecular formula is C60H84O18. The number of carbonyl (C=O) groups excluding carboxylic acids is 1. The van der Waals surface area contributed by atoms with E-state index in [0.29, 0.717) is 83.8 Å². The quantitative estimate of drug-likeness (QED) is 0.342. The predicted octanol–water partition coefficient (Wildman–Crippen LogP) is 5.22. The smallest absolute Gasteiger partial charge is 0.177 e. The van der Waals surface area contributed by atoms with Gasteiger partial charge in [0.25, 0.3) is 0 Å². The van der Waals surface area contributed by atoms with Crippen LogP contribution in [-0.2, 0) is 75.8 Å².